The smallest absolute Gasteiger partial charge is 0.0198 e. The van der Waals surface area contributed by atoms with Gasteiger partial charge in [-0.25, -0.2) is 0 Å². The zero-order valence-corrected chi connectivity index (χ0v) is 12.1. The number of rotatable bonds is 8. The van der Waals surface area contributed by atoms with E-state index in [0.29, 0.717) is 6.04 Å². The van der Waals surface area contributed by atoms with E-state index < -0.39 is 0 Å². The highest BCUT2D eigenvalue weighted by molar-refractivity contribution is 7.99. The van der Waals surface area contributed by atoms with E-state index >= 15 is 0 Å². The molecule has 1 rings (SSSR count). The van der Waals surface area contributed by atoms with Crippen molar-refractivity contribution in [2.45, 2.75) is 39.7 Å². The molecule has 0 aliphatic heterocycles. The van der Waals surface area contributed by atoms with Gasteiger partial charge < -0.3 is 5.32 Å². The summed E-state index contributed by atoms with van der Waals surface area (Å²) < 4.78 is 0. The van der Waals surface area contributed by atoms with Gasteiger partial charge in [0, 0.05) is 11.8 Å². The van der Waals surface area contributed by atoms with Crippen LogP contribution in [0.1, 0.15) is 31.4 Å². The minimum atomic E-state index is 0.609. The molecule has 0 amide bonds. The van der Waals surface area contributed by atoms with Crippen LogP contribution in [-0.2, 0) is 6.42 Å². The molecule has 0 aliphatic rings. The zero-order valence-electron chi connectivity index (χ0n) is 11.3. The lowest BCUT2D eigenvalue weighted by Crippen LogP contribution is -2.33. The van der Waals surface area contributed by atoms with E-state index in [2.05, 4.69) is 62.1 Å². The van der Waals surface area contributed by atoms with Gasteiger partial charge in [0.15, 0.2) is 0 Å². The summed E-state index contributed by atoms with van der Waals surface area (Å²) in [4.78, 5) is 0. The molecule has 1 aromatic carbocycles. The summed E-state index contributed by atoms with van der Waals surface area (Å²) >= 11 is 2.06. The van der Waals surface area contributed by atoms with Gasteiger partial charge in [0.2, 0.25) is 0 Å². The van der Waals surface area contributed by atoms with E-state index in [-0.39, 0.29) is 0 Å². The van der Waals surface area contributed by atoms with Gasteiger partial charge in [-0.2, -0.15) is 11.8 Å². The summed E-state index contributed by atoms with van der Waals surface area (Å²) in [5.41, 5.74) is 2.89. The van der Waals surface area contributed by atoms with Crippen LogP contribution in [-0.4, -0.2) is 24.1 Å². The van der Waals surface area contributed by atoms with Gasteiger partial charge in [-0.1, -0.05) is 38.1 Å². The Morgan fingerprint density at radius 2 is 2.00 bits per heavy atom. The molecule has 1 nitrogen and oxygen atoms in total. The maximum Gasteiger partial charge on any atom is 0.0198 e. The van der Waals surface area contributed by atoms with Crippen molar-refractivity contribution in [3.63, 3.8) is 0 Å². The summed E-state index contributed by atoms with van der Waals surface area (Å²) in [5, 5.41) is 3.60. The van der Waals surface area contributed by atoms with Gasteiger partial charge >= 0.3 is 0 Å². The fraction of sp³-hybridized carbons (Fsp3) is 0.600. The first-order chi connectivity index (χ1) is 8.27. The maximum atomic E-state index is 3.60. The van der Waals surface area contributed by atoms with Crippen LogP contribution in [0.2, 0.25) is 0 Å². The van der Waals surface area contributed by atoms with Gasteiger partial charge in [0.05, 0.1) is 0 Å². The molecule has 2 heteroatoms. The number of hydrogen-bond donors (Lipinski definition) is 1. The van der Waals surface area contributed by atoms with E-state index in [9.17, 15) is 0 Å². The molecule has 0 fully saturated rings. The normalized spacial score (nSPS) is 12.6. The lowest BCUT2D eigenvalue weighted by Gasteiger charge is -2.18. The van der Waals surface area contributed by atoms with Crippen molar-refractivity contribution in [1.29, 1.82) is 0 Å². The van der Waals surface area contributed by atoms with Crippen LogP contribution < -0.4 is 5.32 Å². The fourth-order valence-corrected chi connectivity index (χ4v) is 2.93. The Labute approximate surface area is 110 Å². The van der Waals surface area contributed by atoms with Crippen molar-refractivity contribution in [1.82, 2.24) is 5.32 Å². The number of likely N-dealkylation sites (N-methyl/N-ethyl adjacent to an activating group) is 1. The van der Waals surface area contributed by atoms with E-state index in [1.807, 2.05) is 0 Å². The van der Waals surface area contributed by atoms with E-state index in [1.54, 1.807) is 0 Å². The summed E-state index contributed by atoms with van der Waals surface area (Å²) in [6.45, 7) is 7.70. The predicted molar refractivity (Wildman–Crippen MR) is 80.0 cm³/mol. The second-order valence-electron chi connectivity index (χ2n) is 4.46. The standard InChI is InChI=1S/C15H25NS/c1-4-10-17-12-15(16-5-2)11-14-9-7-6-8-13(14)3/h6-9,15-16H,4-5,10-12H2,1-3H3. The van der Waals surface area contributed by atoms with Crippen molar-refractivity contribution in [3.8, 4) is 0 Å². The second-order valence-corrected chi connectivity index (χ2v) is 5.61. The van der Waals surface area contributed by atoms with E-state index in [0.717, 1.165) is 13.0 Å². The summed E-state index contributed by atoms with van der Waals surface area (Å²) in [7, 11) is 0. The third kappa shape index (κ3) is 5.60. The Kier molecular flexibility index (Phi) is 7.38. The highest BCUT2D eigenvalue weighted by Crippen LogP contribution is 2.13. The lowest BCUT2D eigenvalue weighted by molar-refractivity contribution is 0.571. The Bertz CT molecular complexity index is 312. The van der Waals surface area contributed by atoms with Crippen LogP contribution >= 0.6 is 11.8 Å². The van der Waals surface area contributed by atoms with Crippen molar-refractivity contribution in [3.05, 3.63) is 35.4 Å². The molecule has 17 heavy (non-hydrogen) atoms. The molecule has 0 heterocycles. The third-order valence-corrected chi connectivity index (χ3v) is 4.22. The molecule has 1 unspecified atom stereocenters. The van der Waals surface area contributed by atoms with Gasteiger partial charge in [0.1, 0.15) is 0 Å². The largest absolute Gasteiger partial charge is 0.313 e. The quantitative estimate of drug-likeness (QED) is 0.708. The summed E-state index contributed by atoms with van der Waals surface area (Å²) in [6, 6.07) is 9.33. The number of hydrogen-bond acceptors (Lipinski definition) is 2. The molecule has 0 saturated heterocycles. The van der Waals surface area contributed by atoms with Gasteiger partial charge in [0.25, 0.3) is 0 Å². The first kappa shape index (κ1) is 14.6. The zero-order chi connectivity index (χ0) is 12.5. The Balaban J connectivity index is 2.50. The highest BCUT2D eigenvalue weighted by atomic mass is 32.2. The van der Waals surface area contributed by atoms with Crippen molar-refractivity contribution in [2.24, 2.45) is 0 Å². The van der Waals surface area contributed by atoms with Gasteiger partial charge in [-0.05, 0) is 43.2 Å². The maximum absolute atomic E-state index is 3.60. The Morgan fingerprint density at radius 3 is 2.65 bits per heavy atom. The molecule has 0 aliphatic carbocycles. The minimum absolute atomic E-state index is 0.609. The molecule has 0 bridgehead atoms. The van der Waals surface area contributed by atoms with Crippen LogP contribution in [0.15, 0.2) is 24.3 Å². The lowest BCUT2D eigenvalue weighted by atomic mass is 10.0. The predicted octanol–water partition coefficient (Wildman–Crippen LogP) is 3.66. The number of aryl methyl sites for hydroxylation is 1. The van der Waals surface area contributed by atoms with E-state index in [1.165, 1.54) is 29.1 Å². The molecule has 1 atom stereocenters. The number of benzene rings is 1. The minimum Gasteiger partial charge on any atom is -0.313 e. The number of thioether (sulfide) groups is 1. The molecule has 1 N–H and O–H groups in total. The average Bonchev–Trinajstić information content (AvgIpc) is 2.32. The molecule has 96 valence electrons. The SMILES string of the molecule is CCCSCC(Cc1ccccc1C)NCC. The number of nitrogens with one attached hydrogen (secondary N) is 1. The van der Waals surface area contributed by atoms with Crippen molar-refractivity contribution in [2.75, 3.05) is 18.1 Å². The molecule has 0 radical (unpaired) electrons. The third-order valence-electron chi connectivity index (χ3n) is 2.89. The second kappa shape index (κ2) is 8.60. The van der Waals surface area contributed by atoms with E-state index in [4.69, 9.17) is 0 Å². The molecular formula is C15H25NS. The molecule has 1 aromatic rings. The van der Waals surface area contributed by atoms with Crippen LogP contribution in [0.3, 0.4) is 0 Å². The topological polar surface area (TPSA) is 12.0 Å². The summed E-state index contributed by atoms with van der Waals surface area (Å²) in [6.07, 6.45) is 2.42. The monoisotopic (exact) mass is 251 g/mol. The first-order valence-electron chi connectivity index (χ1n) is 6.63. The average molecular weight is 251 g/mol. The van der Waals surface area contributed by atoms with Crippen LogP contribution in [0.4, 0.5) is 0 Å². The Hall–Kier alpha value is -0.470. The van der Waals surface area contributed by atoms with Crippen LogP contribution in [0.5, 0.6) is 0 Å². The van der Waals surface area contributed by atoms with Gasteiger partial charge in [-0.3, -0.25) is 0 Å². The summed E-state index contributed by atoms with van der Waals surface area (Å²) in [5.74, 6) is 2.49. The molecule has 0 saturated carbocycles. The Morgan fingerprint density at radius 1 is 1.24 bits per heavy atom. The van der Waals surface area contributed by atoms with Crippen LogP contribution in [0, 0.1) is 6.92 Å². The van der Waals surface area contributed by atoms with Gasteiger partial charge in [-0.15, -0.1) is 0 Å². The molecule has 0 spiro atoms. The van der Waals surface area contributed by atoms with Crippen molar-refractivity contribution < 1.29 is 0 Å². The first-order valence-corrected chi connectivity index (χ1v) is 7.79. The molecule has 0 aromatic heterocycles. The van der Waals surface area contributed by atoms with Crippen molar-refractivity contribution >= 4 is 11.8 Å². The fourth-order valence-electron chi connectivity index (χ4n) is 1.95. The van der Waals surface area contributed by atoms with Crippen LogP contribution in [0.25, 0.3) is 0 Å². The highest BCUT2D eigenvalue weighted by Gasteiger charge is 2.09. The molecular weight excluding hydrogens is 226 g/mol.